The molecule has 0 unspecified atom stereocenters. The normalized spacial score (nSPS) is 10.5. The van der Waals surface area contributed by atoms with Crippen LogP contribution in [0.4, 0.5) is 10.1 Å². The third-order valence-electron chi connectivity index (χ3n) is 5.03. The lowest BCUT2D eigenvalue weighted by atomic mass is 10.2. The lowest BCUT2D eigenvalue weighted by Crippen LogP contribution is -2.13. The fourth-order valence-electron chi connectivity index (χ4n) is 3.40. The first-order chi connectivity index (χ1) is 17.1. The number of thioether (sulfide) groups is 1. The Hall–Kier alpha value is -4.16. The summed E-state index contributed by atoms with van der Waals surface area (Å²) >= 11 is 1.30. The molecule has 1 heterocycles. The van der Waals surface area contributed by atoms with Gasteiger partial charge in [-0.25, -0.2) is 4.39 Å². The highest BCUT2D eigenvalue weighted by Gasteiger charge is 2.19. The molecule has 0 aliphatic carbocycles. The molecule has 1 N–H and O–H groups in total. The van der Waals surface area contributed by atoms with Crippen molar-refractivity contribution in [3.63, 3.8) is 0 Å². The Morgan fingerprint density at radius 1 is 1.09 bits per heavy atom. The monoisotopic (exact) mass is 487 g/mol. The van der Waals surface area contributed by atoms with Gasteiger partial charge in [-0.1, -0.05) is 36.0 Å². The quantitative estimate of drug-likeness (QED) is 0.315. The zero-order chi connectivity index (χ0) is 24.6. The van der Waals surface area contributed by atoms with Gasteiger partial charge in [-0.3, -0.25) is 9.36 Å². The van der Waals surface area contributed by atoms with E-state index in [0.29, 0.717) is 40.3 Å². The minimum Gasteiger partial charge on any atom is -0.494 e. The van der Waals surface area contributed by atoms with Crippen molar-refractivity contribution >= 4 is 23.4 Å². The third kappa shape index (κ3) is 5.67. The number of halogens is 1. The lowest BCUT2D eigenvalue weighted by Gasteiger charge is -2.12. The van der Waals surface area contributed by atoms with E-state index in [-0.39, 0.29) is 12.3 Å². The van der Waals surface area contributed by atoms with Crippen LogP contribution in [-0.2, 0) is 4.79 Å². The van der Waals surface area contributed by atoms with Gasteiger partial charge in [-0.2, -0.15) is 5.26 Å². The second-order valence-electron chi connectivity index (χ2n) is 7.35. The number of nitrogens with zero attached hydrogens (tertiary/aromatic N) is 4. The second kappa shape index (κ2) is 11.3. The molecule has 35 heavy (non-hydrogen) atoms. The van der Waals surface area contributed by atoms with Gasteiger partial charge in [0.05, 0.1) is 23.5 Å². The Bertz CT molecular complexity index is 1360. The number of ether oxygens (including phenoxy) is 1. The molecule has 0 fully saturated rings. The molecule has 4 aromatic rings. The highest BCUT2D eigenvalue weighted by atomic mass is 32.2. The fourth-order valence-corrected chi connectivity index (χ4v) is 4.29. The van der Waals surface area contributed by atoms with Crippen molar-refractivity contribution in [2.75, 3.05) is 17.7 Å². The van der Waals surface area contributed by atoms with Gasteiger partial charge < -0.3 is 10.1 Å². The van der Waals surface area contributed by atoms with Crippen LogP contribution in [0, 0.1) is 17.1 Å². The molecule has 3 aromatic carbocycles. The van der Waals surface area contributed by atoms with Gasteiger partial charge in [-0.05, 0) is 55.5 Å². The van der Waals surface area contributed by atoms with E-state index < -0.39 is 5.82 Å². The minimum absolute atomic E-state index is 0.174. The highest BCUT2D eigenvalue weighted by Crippen LogP contribution is 2.30. The van der Waals surface area contributed by atoms with Gasteiger partial charge in [0.25, 0.3) is 0 Å². The molecule has 0 aliphatic rings. The van der Waals surface area contributed by atoms with Crippen LogP contribution in [0.5, 0.6) is 5.75 Å². The van der Waals surface area contributed by atoms with Crippen LogP contribution in [0.1, 0.15) is 18.9 Å². The number of hydrogen-bond acceptors (Lipinski definition) is 6. The number of hydrogen-bond donors (Lipinski definition) is 1. The van der Waals surface area contributed by atoms with Gasteiger partial charge in [0.1, 0.15) is 17.6 Å². The summed E-state index contributed by atoms with van der Waals surface area (Å²) in [6, 6.07) is 22.6. The van der Waals surface area contributed by atoms with E-state index in [1.807, 2.05) is 31.2 Å². The molecular weight excluding hydrogens is 465 g/mol. The van der Waals surface area contributed by atoms with Crippen molar-refractivity contribution in [1.29, 1.82) is 5.26 Å². The van der Waals surface area contributed by atoms with Crippen molar-refractivity contribution in [1.82, 2.24) is 14.8 Å². The largest absolute Gasteiger partial charge is 0.494 e. The van der Waals surface area contributed by atoms with Crippen LogP contribution in [0.2, 0.25) is 0 Å². The molecule has 0 saturated carbocycles. The number of nitriles is 1. The molecule has 7 nitrogen and oxygen atoms in total. The van der Waals surface area contributed by atoms with E-state index in [0.717, 1.165) is 11.3 Å². The van der Waals surface area contributed by atoms with E-state index in [4.69, 9.17) is 4.74 Å². The summed E-state index contributed by atoms with van der Waals surface area (Å²) in [6.45, 7) is 2.47. The number of carbonyl (C=O) groups excluding carboxylic acids is 1. The zero-order valence-corrected chi connectivity index (χ0v) is 19.8. The highest BCUT2D eigenvalue weighted by molar-refractivity contribution is 7.99. The van der Waals surface area contributed by atoms with E-state index in [1.54, 1.807) is 47.0 Å². The number of benzene rings is 3. The number of para-hydroxylation sites is 2. The molecule has 1 aromatic heterocycles. The summed E-state index contributed by atoms with van der Waals surface area (Å²) in [5, 5.41) is 21.0. The lowest BCUT2D eigenvalue weighted by molar-refractivity contribution is -0.115. The predicted molar refractivity (Wildman–Crippen MR) is 133 cm³/mol. The summed E-state index contributed by atoms with van der Waals surface area (Å²) in [5.74, 6) is 0.951. The number of nitrogens with one attached hydrogen (secondary N) is 1. The summed E-state index contributed by atoms with van der Waals surface area (Å²) in [4.78, 5) is 12.4. The average molecular weight is 488 g/mol. The van der Waals surface area contributed by atoms with Crippen molar-refractivity contribution in [2.45, 2.75) is 18.5 Å². The first-order valence-electron chi connectivity index (χ1n) is 11.0. The van der Waals surface area contributed by atoms with Gasteiger partial charge >= 0.3 is 0 Å². The number of aromatic nitrogens is 3. The van der Waals surface area contributed by atoms with Crippen molar-refractivity contribution in [3.05, 3.63) is 84.2 Å². The van der Waals surface area contributed by atoms with Crippen LogP contribution in [0.3, 0.4) is 0 Å². The Morgan fingerprint density at radius 3 is 2.57 bits per heavy atom. The van der Waals surface area contributed by atoms with Crippen LogP contribution in [0.15, 0.2) is 78.0 Å². The molecule has 9 heteroatoms. The summed E-state index contributed by atoms with van der Waals surface area (Å²) < 4.78 is 21.9. The maximum atomic E-state index is 14.8. The fraction of sp³-hybridized carbons (Fsp3) is 0.154. The van der Waals surface area contributed by atoms with Gasteiger partial charge in [0.2, 0.25) is 5.91 Å². The van der Waals surface area contributed by atoms with Gasteiger partial charge in [0.15, 0.2) is 11.0 Å². The van der Waals surface area contributed by atoms with Crippen molar-refractivity contribution in [3.8, 4) is 28.9 Å². The maximum Gasteiger partial charge on any atom is 0.225 e. The summed E-state index contributed by atoms with van der Waals surface area (Å²) in [5.41, 5.74) is 1.93. The van der Waals surface area contributed by atoms with Crippen LogP contribution < -0.4 is 10.1 Å². The van der Waals surface area contributed by atoms with Gasteiger partial charge in [-0.15, -0.1) is 10.2 Å². The van der Waals surface area contributed by atoms with E-state index in [9.17, 15) is 14.4 Å². The van der Waals surface area contributed by atoms with Crippen molar-refractivity contribution in [2.24, 2.45) is 0 Å². The SMILES string of the molecule is CCOc1ccc(-c2nnc(SCCC(=O)Nc3ccccc3C#N)n2-c2ccccc2F)cc1. The Kier molecular flexibility index (Phi) is 7.75. The smallest absolute Gasteiger partial charge is 0.225 e. The Balaban J connectivity index is 1.54. The molecule has 1 amide bonds. The molecule has 0 bridgehead atoms. The average Bonchev–Trinajstić information content (AvgIpc) is 3.29. The second-order valence-corrected chi connectivity index (χ2v) is 8.42. The molecule has 4 rings (SSSR count). The zero-order valence-electron chi connectivity index (χ0n) is 18.9. The summed E-state index contributed by atoms with van der Waals surface area (Å²) in [6.07, 6.45) is 0.174. The number of amides is 1. The Labute approximate surface area is 206 Å². The molecule has 0 spiro atoms. The third-order valence-corrected chi connectivity index (χ3v) is 5.96. The Morgan fingerprint density at radius 2 is 1.83 bits per heavy atom. The predicted octanol–water partition coefficient (Wildman–Crippen LogP) is 5.46. The van der Waals surface area contributed by atoms with Gasteiger partial charge in [0, 0.05) is 17.7 Å². The molecule has 0 saturated heterocycles. The standard InChI is InChI=1S/C26H22FN5O2S/c1-2-34-20-13-11-18(12-14-20)25-30-31-26(32(25)23-10-6-4-8-21(23)27)35-16-15-24(33)29-22-9-5-3-7-19(22)17-28/h3-14H,2,15-16H2,1H3,(H,29,33). The number of rotatable bonds is 9. The van der Waals surface area contributed by atoms with Crippen LogP contribution in [0.25, 0.3) is 17.1 Å². The van der Waals surface area contributed by atoms with E-state index in [2.05, 4.69) is 21.6 Å². The minimum atomic E-state index is -0.410. The van der Waals surface area contributed by atoms with Crippen molar-refractivity contribution < 1.29 is 13.9 Å². The maximum absolute atomic E-state index is 14.8. The van der Waals surface area contributed by atoms with E-state index >= 15 is 0 Å². The molecule has 0 atom stereocenters. The van der Waals surface area contributed by atoms with Crippen LogP contribution in [-0.4, -0.2) is 33.0 Å². The number of carbonyl (C=O) groups is 1. The molecular formula is C26H22FN5O2S. The molecule has 0 aliphatic heterocycles. The van der Waals surface area contributed by atoms with E-state index in [1.165, 1.54) is 17.8 Å². The molecule has 176 valence electrons. The first-order valence-corrected chi connectivity index (χ1v) is 11.9. The van der Waals surface area contributed by atoms with Crippen LogP contribution >= 0.6 is 11.8 Å². The summed E-state index contributed by atoms with van der Waals surface area (Å²) in [7, 11) is 0. The topological polar surface area (TPSA) is 92.8 Å². The number of anilines is 1. The first kappa shape index (κ1) is 24.0. The molecule has 0 radical (unpaired) electrons.